The molecule has 102 valence electrons. The fourth-order valence-corrected chi connectivity index (χ4v) is 1.94. The normalized spacial score (nSPS) is 15.6. The van der Waals surface area contributed by atoms with Crippen LogP contribution in [0.25, 0.3) is 0 Å². The summed E-state index contributed by atoms with van der Waals surface area (Å²) in [5.41, 5.74) is 5.25. The molecule has 0 aromatic heterocycles. The van der Waals surface area contributed by atoms with Gasteiger partial charge in [-0.05, 0) is 37.0 Å². The van der Waals surface area contributed by atoms with Gasteiger partial charge in [-0.1, -0.05) is 32.9 Å². The first-order chi connectivity index (χ1) is 8.20. The fraction of sp³-hybridized carbons (Fsp3) is 0.600. The Bertz CT molecular complexity index is 378. The smallest absolute Gasteiger partial charge is 0.119 e. The second-order valence-corrected chi connectivity index (χ2v) is 6.01. The van der Waals surface area contributed by atoms with Crippen LogP contribution in [0.5, 0.6) is 5.75 Å². The van der Waals surface area contributed by atoms with Gasteiger partial charge in [0.05, 0.1) is 6.10 Å². The molecule has 1 atom stereocenters. The highest BCUT2D eigenvalue weighted by molar-refractivity contribution is 5.32. The van der Waals surface area contributed by atoms with Gasteiger partial charge in [0.2, 0.25) is 0 Å². The minimum Gasteiger partial charge on any atom is -0.491 e. The summed E-state index contributed by atoms with van der Waals surface area (Å²) >= 11 is 0. The van der Waals surface area contributed by atoms with E-state index in [-0.39, 0.29) is 18.1 Å². The van der Waals surface area contributed by atoms with Crippen LogP contribution in [0.2, 0.25) is 0 Å². The van der Waals surface area contributed by atoms with E-state index in [0.717, 1.165) is 11.3 Å². The molecule has 0 saturated carbocycles. The molecule has 0 aliphatic carbocycles. The molecule has 0 heterocycles. The maximum atomic E-state index is 10.7. The van der Waals surface area contributed by atoms with Crippen LogP contribution in [-0.4, -0.2) is 17.8 Å². The summed E-state index contributed by atoms with van der Waals surface area (Å²) < 4.78 is 5.59. The third-order valence-electron chi connectivity index (χ3n) is 3.24. The minimum atomic E-state index is -1.02. The van der Waals surface area contributed by atoms with Crippen LogP contribution in [-0.2, 0) is 5.60 Å². The summed E-state index contributed by atoms with van der Waals surface area (Å²) in [5.74, 6) is 0.807. The molecular weight excluding hydrogens is 226 g/mol. The lowest BCUT2D eigenvalue weighted by Crippen LogP contribution is -2.46. The van der Waals surface area contributed by atoms with E-state index in [1.165, 1.54) is 0 Å². The van der Waals surface area contributed by atoms with Gasteiger partial charge in [-0.3, -0.25) is 0 Å². The van der Waals surface area contributed by atoms with Crippen molar-refractivity contribution in [2.45, 2.75) is 46.3 Å². The lowest BCUT2D eigenvalue weighted by atomic mass is 9.72. The van der Waals surface area contributed by atoms with Gasteiger partial charge in [-0.15, -0.1) is 0 Å². The Labute approximate surface area is 110 Å². The van der Waals surface area contributed by atoms with Gasteiger partial charge in [-0.2, -0.15) is 0 Å². The molecule has 3 heteroatoms. The summed E-state index contributed by atoms with van der Waals surface area (Å²) in [6, 6.07) is 7.52. The van der Waals surface area contributed by atoms with Crippen LogP contribution < -0.4 is 10.5 Å². The van der Waals surface area contributed by atoms with Gasteiger partial charge in [0.25, 0.3) is 0 Å². The molecule has 0 aliphatic heterocycles. The van der Waals surface area contributed by atoms with E-state index >= 15 is 0 Å². The summed E-state index contributed by atoms with van der Waals surface area (Å²) in [6.07, 6.45) is 0.145. The van der Waals surface area contributed by atoms with Crippen molar-refractivity contribution in [3.05, 3.63) is 29.8 Å². The molecule has 1 unspecified atom stereocenters. The lowest BCUT2D eigenvalue weighted by Gasteiger charge is -2.40. The Balaban J connectivity index is 3.03. The number of aliphatic hydroxyl groups is 1. The molecule has 3 N–H and O–H groups in total. The third-order valence-corrected chi connectivity index (χ3v) is 3.24. The van der Waals surface area contributed by atoms with E-state index in [0.29, 0.717) is 0 Å². The molecule has 0 aliphatic rings. The maximum absolute atomic E-state index is 10.7. The van der Waals surface area contributed by atoms with Crippen LogP contribution in [0.4, 0.5) is 0 Å². The van der Waals surface area contributed by atoms with Gasteiger partial charge in [0.15, 0.2) is 0 Å². The molecule has 18 heavy (non-hydrogen) atoms. The van der Waals surface area contributed by atoms with Gasteiger partial charge in [0.1, 0.15) is 11.4 Å². The van der Waals surface area contributed by atoms with Gasteiger partial charge in [-0.25, -0.2) is 0 Å². The zero-order chi connectivity index (χ0) is 14.0. The van der Waals surface area contributed by atoms with Gasteiger partial charge in [0, 0.05) is 6.54 Å². The number of hydrogen-bond donors (Lipinski definition) is 2. The number of benzene rings is 1. The Morgan fingerprint density at radius 3 is 2.00 bits per heavy atom. The number of hydrogen-bond acceptors (Lipinski definition) is 3. The van der Waals surface area contributed by atoms with Crippen molar-refractivity contribution in [1.82, 2.24) is 0 Å². The van der Waals surface area contributed by atoms with Crippen LogP contribution in [0.1, 0.15) is 40.2 Å². The third kappa shape index (κ3) is 3.03. The SMILES string of the molecule is CC(C)Oc1ccc(C(O)(CN)C(C)(C)C)cc1. The fourth-order valence-electron chi connectivity index (χ4n) is 1.94. The predicted molar refractivity (Wildman–Crippen MR) is 74.6 cm³/mol. The van der Waals surface area contributed by atoms with E-state index in [1.807, 2.05) is 58.9 Å². The van der Waals surface area contributed by atoms with E-state index in [1.54, 1.807) is 0 Å². The molecule has 0 fully saturated rings. The molecular formula is C15H25NO2. The minimum absolute atomic E-state index is 0.145. The zero-order valence-corrected chi connectivity index (χ0v) is 12.0. The van der Waals surface area contributed by atoms with Crippen molar-refractivity contribution < 1.29 is 9.84 Å². The van der Waals surface area contributed by atoms with Crippen LogP contribution in [0, 0.1) is 5.41 Å². The van der Waals surface area contributed by atoms with Crippen LogP contribution in [0.3, 0.4) is 0 Å². The van der Waals surface area contributed by atoms with Crippen molar-refractivity contribution in [3.63, 3.8) is 0 Å². The molecule has 0 radical (unpaired) electrons. The highest BCUT2D eigenvalue weighted by Crippen LogP contribution is 2.38. The number of rotatable bonds is 4. The highest BCUT2D eigenvalue weighted by Gasteiger charge is 2.40. The average Bonchev–Trinajstić information content (AvgIpc) is 2.26. The second-order valence-electron chi connectivity index (χ2n) is 6.01. The summed E-state index contributed by atoms with van der Waals surface area (Å²) in [7, 11) is 0. The monoisotopic (exact) mass is 251 g/mol. The first-order valence-electron chi connectivity index (χ1n) is 6.40. The topological polar surface area (TPSA) is 55.5 Å². The lowest BCUT2D eigenvalue weighted by molar-refractivity contribution is -0.0557. The van der Waals surface area contributed by atoms with E-state index in [4.69, 9.17) is 10.5 Å². The average molecular weight is 251 g/mol. The molecule has 3 nitrogen and oxygen atoms in total. The number of ether oxygens (including phenoxy) is 1. The summed E-state index contributed by atoms with van der Waals surface area (Å²) in [4.78, 5) is 0. The Morgan fingerprint density at radius 2 is 1.67 bits per heavy atom. The van der Waals surface area contributed by atoms with Crippen molar-refractivity contribution >= 4 is 0 Å². The van der Waals surface area contributed by atoms with E-state index in [2.05, 4.69) is 0 Å². The highest BCUT2D eigenvalue weighted by atomic mass is 16.5. The first kappa shape index (κ1) is 15.0. The molecule has 0 amide bonds. The van der Waals surface area contributed by atoms with Gasteiger partial charge >= 0.3 is 0 Å². The molecule has 1 rings (SSSR count). The second kappa shape index (κ2) is 5.29. The van der Waals surface area contributed by atoms with Gasteiger partial charge < -0.3 is 15.6 Å². The molecule has 1 aromatic carbocycles. The summed E-state index contributed by atoms with van der Waals surface area (Å²) in [5, 5.41) is 10.7. The van der Waals surface area contributed by atoms with Crippen molar-refractivity contribution in [2.75, 3.05) is 6.54 Å². The zero-order valence-electron chi connectivity index (χ0n) is 12.0. The maximum Gasteiger partial charge on any atom is 0.119 e. The van der Waals surface area contributed by atoms with E-state index < -0.39 is 5.60 Å². The van der Waals surface area contributed by atoms with Crippen molar-refractivity contribution in [1.29, 1.82) is 0 Å². The molecule has 0 saturated heterocycles. The Kier molecular flexibility index (Phi) is 4.41. The summed E-state index contributed by atoms with van der Waals surface area (Å²) in [6.45, 7) is 10.1. The standard InChI is InChI=1S/C15H25NO2/c1-11(2)18-13-8-6-12(7-9-13)15(17,10-16)14(3,4)5/h6-9,11,17H,10,16H2,1-5H3. The predicted octanol–water partition coefficient (Wildman–Crippen LogP) is 2.67. The van der Waals surface area contributed by atoms with Crippen LogP contribution >= 0.6 is 0 Å². The number of nitrogens with two attached hydrogens (primary N) is 1. The first-order valence-corrected chi connectivity index (χ1v) is 6.40. The van der Waals surface area contributed by atoms with Crippen LogP contribution in [0.15, 0.2) is 24.3 Å². The Hall–Kier alpha value is -1.06. The molecule has 1 aromatic rings. The largest absolute Gasteiger partial charge is 0.491 e. The van der Waals surface area contributed by atoms with Crippen molar-refractivity contribution in [2.24, 2.45) is 11.1 Å². The van der Waals surface area contributed by atoms with Crippen molar-refractivity contribution in [3.8, 4) is 5.75 Å². The molecule has 0 bridgehead atoms. The quantitative estimate of drug-likeness (QED) is 0.865. The Morgan fingerprint density at radius 1 is 1.17 bits per heavy atom. The van der Waals surface area contributed by atoms with E-state index in [9.17, 15) is 5.11 Å². The molecule has 0 spiro atoms.